The molecule has 26 heavy (non-hydrogen) atoms. The standard InChI is InChI=1S/C22H18O4/c1-25-20-13-11-18(12-14-20)21(23)15-26-22(24)19-9-7-17(8-10-19)16-5-3-2-4-6-16/h2-14H,15H2,1H3. The number of benzene rings is 3. The van der Waals surface area contributed by atoms with E-state index in [1.807, 2.05) is 42.5 Å². The fourth-order valence-electron chi connectivity index (χ4n) is 2.50. The number of hydrogen-bond acceptors (Lipinski definition) is 4. The lowest BCUT2D eigenvalue weighted by atomic mass is 10.0. The molecule has 0 saturated heterocycles. The number of ketones is 1. The summed E-state index contributed by atoms with van der Waals surface area (Å²) in [5.74, 6) is -0.120. The van der Waals surface area contributed by atoms with Crippen LogP contribution in [0.1, 0.15) is 20.7 Å². The minimum atomic E-state index is -0.522. The van der Waals surface area contributed by atoms with Crippen molar-refractivity contribution < 1.29 is 19.1 Å². The highest BCUT2D eigenvalue weighted by Crippen LogP contribution is 2.19. The summed E-state index contributed by atoms with van der Waals surface area (Å²) in [6.45, 7) is -0.300. The van der Waals surface area contributed by atoms with E-state index in [0.717, 1.165) is 11.1 Å². The van der Waals surface area contributed by atoms with E-state index >= 15 is 0 Å². The van der Waals surface area contributed by atoms with Crippen molar-refractivity contribution in [2.45, 2.75) is 0 Å². The topological polar surface area (TPSA) is 52.6 Å². The molecule has 0 saturated carbocycles. The van der Waals surface area contributed by atoms with Crippen molar-refractivity contribution in [3.63, 3.8) is 0 Å². The van der Waals surface area contributed by atoms with Crippen LogP contribution in [-0.2, 0) is 4.74 Å². The summed E-state index contributed by atoms with van der Waals surface area (Å²) >= 11 is 0. The first kappa shape index (κ1) is 17.4. The predicted molar refractivity (Wildman–Crippen MR) is 99.5 cm³/mol. The van der Waals surface area contributed by atoms with E-state index in [1.54, 1.807) is 43.5 Å². The summed E-state index contributed by atoms with van der Waals surface area (Å²) in [6, 6.07) is 23.7. The van der Waals surface area contributed by atoms with Crippen LogP contribution >= 0.6 is 0 Å². The van der Waals surface area contributed by atoms with Gasteiger partial charge in [0.05, 0.1) is 12.7 Å². The highest BCUT2D eigenvalue weighted by Gasteiger charge is 2.12. The largest absolute Gasteiger partial charge is 0.497 e. The van der Waals surface area contributed by atoms with Gasteiger partial charge in [0.1, 0.15) is 5.75 Å². The van der Waals surface area contributed by atoms with Gasteiger partial charge in [0.15, 0.2) is 12.4 Å². The molecule has 3 aromatic rings. The van der Waals surface area contributed by atoms with Crippen molar-refractivity contribution >= 4 is 11.8 Å². The number of carbonyl (C=O) groups is 2. The van der Waals surface area contributed by atoms with Crippen molar-refractivity contribution in [1.82, 2.24) is 0 Å². The molecule has 0 unspecified atom stereocenters. The maximum Gasteiger partial charge on any atom is 0.338 e. The molecule has 4 heteroatoms. The Balaban J connectivity index is 1.60. The van der Waals surface area contributed by atoms with E-state index in [0.29, 0.717) is 16.9 Å². The number of carbonyl (C=O) groups excluding carboxylic acids is 2. The Labute approximate surface area is 152 Å². The zero-order valence-electron chi connectivity index (χ0n) is 14.3. The molecule has 0 bridgehead atoms. The minimum absolute atomic E-state index is 0.262. The van der Waals surface area contributed by atoms with Gasteiger partial charge >= 0.3 is 5.97 Å². The van der Waals surface area contributed by atoms with Crippen LogP contribution in [0.2, 0.25) is 0 Å². The third-order valence-corrected chi connectivity index (χ3v) is 3.97. The molecule has 0 radical (unpaired) electrons. The lowest BCUT2D eigenvalue weighted by Gasteiger charge is -2.06. The molecule has 0 N–H and O–H groups in total. The second-order valence-corrected chi connectivity index (χ2v) is 5.67. The normalized spacial score (nSPS) is 10.2. The van der Waals surface area contributed by atoms with Gasteiger partial charge in [-0.3, -0.25) is 4.79 Å². The maximum absolute atomic E-state index is 12.1. The lowest BCUT2D eigenvalue weighted by molar-refractivity contribution is 0.0475. The van der Waals surface area contributed by atoms with Gasteiger partial charge in [-0.15, -0.1) is 0 Å². The lowest BCUT2D eigenvalue weighted by Crippen LogP contribution is -2.14. The minimum Gasteiger partial charge on any atom is -0.497 e. The van der Waals surface area contributed by atoms with Crippen LogP contribution in [-0.4, -0.2) is 25.5 Å². The van der Waals surface area contributed by atoms with Crippen LogP contribution in [0.15, 0.2) is 78.9 Å². The Morgan fingerprint density at radius 3 is 1.92 bits per heavy atom. The fourth-order valence-corrected chi connectivity index (χ4v) is 2.50. The number of ether oxygens (including phenoxy) is 2. The van der Waals surface area contributed by atoms with Crippen LogP contribution in [0.25, 0.3) is 11.1 Å². The molecule has 0 spiro atoms. The van der Waals surface area contributed by atoms with Gasteiger partial charge in [0.25, 0.3) is 0 Å². The van der Waals surface area contributed by atoms with E-state index in [1.165, 1.54) is 0 Å². The van der Waals surface area contributed by atoms with Gasteiger partial charge in [0.2, 0.25) is 0 Å². The predicted octanol–water partition coefficient (Wildman–Crippen LogP) is 4.40. The monoisotopic (exact) mass is 346 g/mol. The smallest absolute Gasteiger partial charge is 0.338 e. The summed E-state index contributed by atoms with van der Waals surface area (Å²) < 4.78 is 10.2. The first-order valence-corrected chi connectivity index (χ1v) is 8.17. The molecule has 130 valence electrons. The Kier molecular flexibility index (Phi) is 5.44. The molecule has 0 aliphatic carbocycles. The number of methoxy groups -OCH3 is 1. The average molecular weight is 346 g/mol. The molecule has 0 atom stereocenters. The van der Waals surface area contributed by atoms with Crippen molar-refractivity contribution in [1.29, 1.82) is 0 Å². The zero-order valence-corrected chi connectivity index (χ0v) is 14.3. The molecule has 0 aromatic heterocycles. The number of Topliss-reactive ketones (excluding diaryl/α,β-unsaturated/α-hetero) is 1. The molecule has 0 aliphatic heterocycles. The van der Waals surface area contributed by atoms with E-state index in [9.17, 15) is 9.59 Å². The van der Waals surface area contributed by atoms with Gasteiger partial charge < -0.3 is 9.47 Å². The second-order valence-electron chi connectivity index (χ2n) is 5.67. The Morgan fingerprint density at radius 2 is 1.31 bits per heavy atom. The molecule has 3 aromatic carbocycles. The fraction of sp³-hybridized carbons (Fsp3) is 0.0909. The average Bonchev–Trinajstić information content (AvgIpc) is 2.72. The van der Waals surface area contributed by atoms with E-state index in [2.05, 4.69) is 0 Å². The van der Waals surface area contributed by atoms with Crippen molar-refractivity contribution in [3.05, 3.63) is 90.0 Å². The number of hydrogen-bond donors (Lipinski definition) is 0. The van der Waals surface area contributed by atoms with Gasteiger partial charge in [-0.1, -0.05) is 42.5 Å². The van der Waals surface area contributed by atoms with Crippen molar-refractivity contribution in [2.24, 2.45) is 0 Å². The number of rotatable bonds is 6. The molecular weight excluding hydrogens is 328 g/mol. The van der Waals surface area contributed by atoms with Gasteiger partial charge in [-0.2, -0.15) is 0 Å². The summed E-state index contributed by atoms with van der Waals surface area (Å²) in [6.07, 6.45) is 0. The summed E-state index contributed by atoms with van der Waals surface area (Å²) in [7, 11) is 1.56. The van der Waals surface area contributed by atoms with Gasteiger partial charge in [-0.25, -0.2) is 4.79 Å². The summed E-state index contributed by atoms with van der Waals surface area (Å²) in [4.78, 5) is 24.2. The molecule has 0 heterocycles. The molecule has 0 amide bonds. The highest BCUT2D eigenvalue weighted by atomic mass is 16.5. The van der Waals surface area contributed by atoms with E-state index < -0.39 is 5.97 Å². The Morgan fingerprint density at radius 1 is 0.731 bits per heavy atom. The van der Waals surface area contributed by atoms with Crippen LogP contribution in [0.5, 0.6) is 5.75 Å². The first-order chi connectivity index (χ1) is 12.7. The molecule has 0 aliphatic rings. The Bertz CT molecular complexity index is 882. The molecule has 3 rings (SSSR count). The van der Waals surface area contributed by atoms with Crippen LogP contribution < -0.4 is 4.74 Å². The van der Waals surface area contributed by atoms with Gasteiger partial charge in [-0.05, 0) is 47.5 Å². The number of esters is 1. The van der Waals surface area contributed by atoms with Crippen LogP contribution in [0, 0.1) is 0 Å². The highest BCUT2D eigenvalue weighted by molar-refractivity contribution is 5.99. The van der Waals surface area contributed by atoms with Crippen molar-refractivity contribution in [3.8, 4) is 16.9 Å². The molecule has 0 fully saturated rings. The zero-order chi connectivity index (χ0) is 18.4. The van der Waals surface area contributed by atoms with Crippen molar-refractivity contribution in [2.75, 3.05) is 13.7 Å². The van der Waals surface area contributed by atoms with Crippen LogP contribution in [0.3, 0.4) is 0 Å². The maximum atomic E-state index is 12.1. The first-order valence-electron chi connectivity index (χ1n) is 8.17. The SMILES string of the molecule is COc1ccc(C(=O)COC(=O)c2ccc(-c3ccccc3)cc2)cc1. The van der Waals surface area contributed by atoms with Crippen LogP contribution in [0.4, 0.5) is 0 Å². The third-order valence-electron chi connectivity index (χ3n) is 3.97. The van der Waals surface area contributed by atoms with E-state index in [4.69, 9.17) is 9.47 Å². The summed E-state index contributed by atoms with van der Waals surface area (Å²) in [5, 5.41) is 0. The molecular formula is C22H18O4. The van der Waals surface area contributed by atoms with Gasteiger partial charge in [0, 0.05) is 5.56 Å². The quantitative estimate of drug-likeness (QED) is 0.490. The Hall–Kier alpha value is -3.40. The molecule has 4 nitrogen and oxygen atoms in total. The van der Waals surface area contributed by atoms with E-state index in [-0.39, 0.29) is 12.4 Å². The third kappa shape index (κ3) is 4.16. The second kappa shape index (κ2) is 8.12. The summed E-state index contributed by atoms with van der Waals surface area (Å²) in [5.41, 5.74) is 2.96.